The maximum atomic E-state index is 14.3. The summed E-state index contributed by atoms with van der Waals surface area (Å²) in [7, 11) is 0. The summed E-state index contributed by atoms with van der Waals surface area (Å²) in [5, 5.41) is 10.0. The molecular formula is C41H44N6O2. The molecule has 1 amide bonds. The smallest absolute Gasteiger partial charge is 0.254 e. The molecule has 0 spiro atoms. The lowest BCUT2D eigenvalue weighted by Crippen LogP contribution is -2.30. The molecule has 0 aliphatic rings. The molecule has 0 fully saturated rings. The van der Waals surface area contributed by atoms with Gasteiger partial charge in [-0.2, -0.15) is 0 Å². The first kappa shape index (κ1) is 33.6. The van der Waals surface area contributed by atoms with E-state index >= 15 is 0 Å². The average Bonchev–Trinajstić information content (AvgIpc) is 3.48. The predicted octanol–water partition coefficient (Wildman–Crippen LogP) is 6.99. The third-order valence-electron chi connectivity index (χ3n) is 8.96. The Morgan fingerprint density at radius 2 is 1.47 bits per heavy atom. The van der Waals surface area contributed by atoms with Crippen LogP contribution >= 0.6 is 0 Å². The van der Waals surface area contributed by atoms with Crippen LogP contribution in [-0.4, -0.2) is 39.4 Å². The quantitative estimate of drug-likeness (QED) is 0.0627. The lowest BCUT2D eigenvalue weighted by Gasteiger charge is -2.24. The number of hydrogen-bond donors (Lipinski definition) is 3. The van der Waals surface area contributed by atoms with Crippen LogP contribution < -0.4 is 11.5 Å². The molecule has 0 atom stereocenters. The maximum absolute atomic E-state index is 14.3. The van der Waals surface area contributed by atoms with Crippen molar-refractivity contribution in [3.63, 3.8) is 0 Å². The van der Waals surface area contributed by atoms with Crippen molar-refractivity contribution in [3.05, 3.63) is 148 Å². The maximum Gasteiger partial charge on any atom is 0.254 e. The number of nitrogens with zero attached hydrogens (tertiary/aromatic N) is 3. The van der Waals surface area contributed by atoms with Crippen LogP contribution in [-0.2, 0) is 43.8 Å². The molecule has 0 unspecified atom stereocenters. The monoisotopic (exact) mass is 652 g/mol. The molecule has 6 aromatic rings. The van der Waals surface area contributed by atoms with Gasteiger partial charge in [0.15, 0.2) is 0 Å². The molecule has 1 aromatic heterocycles. The van der Waals surface area contributed by atoms with Crippen molar-refractivity contribution < 1.29 is 9.53 Å². The Morgan fingerprint density at radius 3 is 2.20 bits per heavy atom. The largest absolute Gasteiger partial charge is 0.384 e. The van der Waals surface area contributed by atoms with Crippen LogP contribution in [0.1, 0.15) is 57.3 Å². The van der Waals surface area contributed by atoms with Crippen LogP contribution in [0.2, 0.25) is 0 Å². The molecule has 0 aliphatic heterocycles. The SMILES string of the molecule is CCOCCCn1c(CCc2ccc(C(=N)N)cc2)nc2cc(C(=O)N(Cc3ccc(CN)cc3)Cc3ccc4ccccc4c3)ccc21. The van der Waals surface area contributed by atoms with Gasteiger partial charge in [0.25, 0.3) is 5.91 Å². The average molecular weight is 653 g/mol. The summed E-state index contributed by atoms with van der Waals surface area (Å²) in [5.41, 5.74) is 19.0. The number of imidazole rings is 1. The molecule has 8 nitrogen and oxygen atoms in total. The Kier molecular flexibility index (Phi) is 10.8. The first-order chi connectivity index (χ1) is 23.9. The predicted molar refractivity (Wildman–Crippen MR) is 198 cm³/mol. The molecular weight excluding hydrogens is 608 g/mol. The number of aromatic nitrogens is 2. The molecule has 1 heterocycles. The van der Waals surface area contributed by atoms with Gasteiger partial charge in [0.05, 0.1) is 11.0 Å². The number of amidine groups is 1. The summed E-state index contributed by atoms with van der Waals surface area (Å²) >= 11 is 0. The highest BCUT2D eigenvalue weighted by molar-refractivity contribution is 5.97. The van der Waals surface area contributed by atoms with Gasteiger partial charge in [0.1, 0.15) is 11.7 Å². The Balaban J connectivity index is 1.29. The van der Waals surface area contributed by atoms with Gasteiger partial charge in [0.2, 0.25) is 0 Å². The molecule has 0 aliphatic carbocycles. The molecule has 0 saturated carbocycles. The van der Waals surface area contributed by atoms with Crippen molar-refractivity contribution >= 4 is 33.5 Å². The number of ether oxygens (including phenoxy) is 1. The van der Waals surface area contributed by atoms with Crippen molar-refractivity contribution in [2.45, 2.75) is 52.4 Å². The van der Waals surface area contributed by atoms with Crippen molar-refractivity contribution in [1.82, 2.24) is 14.5 Å². The topological polar surface area (TPSA) is 123 Å². The van der Waals surface area contributed by atoms with Crippen LogP contribution in [0, 0.1) is 5.41 Å². The van der Waals surface area contributed by atoms with Crippen molar-refractivity contribution in [3.8, 4) is 0 Å². The van der Waals surface area contributed by atoms with E-state index in [2.05, 4.69) is 47.0 Å². The fraction of sp³-hybridized carbons (Fsp3) is 0.244. The standard InChI is InChI=1S/C41H44N6O2/c1-2-49-23-5-22-47-38-20-19-36(25-37(38)45-39(47)21-15-29-12-17-34(18-13-29)40(43)44)41(48)46(27-31-10-8-30(26-42)9-11-31)28-32-14-16-33-6-3-4-7-35(33)24-32/h3-4,6-14,16-20,24-25H,2,5,15,21-23,26-28,42H2,1H3,(H3,43,44). The lowest BCUT2D eigenvalue weighted by molar-refractivity contribution is 0.0730. The number of fused-ring (bicyclic) bond motifs is 2. The van der Waals surface area contributed by atoms with E-state index < -0.39 is 0 Å². The first-order valence-corrected chi connectivity index (χ1v) is 17.0. The zero-order valence-corrected chi connectivity index (χ0v) is 28.1. The van der Waals surface area contributed by atoms with E-state index in [9.17, 15) is 4.79 Å². The summed E-state index contributed by atoms with van der Waals surface area (Å²) in [4.78, 5) is 21.3. The fourth-order valence-electron chi connectivity index (χ4n) is 6.27. The second-order valence-electron chi connectivity index (χ2n) is 12.4. The second kappa shape index (κ2) is 15.7. The molecule has 0 radical (unpaired) electrons. The Hall–Kier alpha value is -5.31. The number of benzene rings is 5. The summed E-state index contributed by atoms with van der Waals surface area (Å²) in [5.74, 6) is 0.990. The number of rotatable bonds is 15. The number of nitrogen functional groups attached to an aromatic ring is 1. The Morgan fingerprint density at radius 1 is 0.796 bits per heavy atom. The third-order valence-corrected chi connectivity index (χ3v) is 8.96. The minimum Gasteiger partial charge on any atom is -0.384 e. The third kappa shape index (κ3) is 8.23. The van der Waals surface area contributed by atoms with E-state index in [4.69, 9.17) is 26.6 Å². The number of hydrogen-bond acceptors (Lipinski definition) is 5. The number of amides is 1. The Labute approximate surface area is 287 Å². The number of carbonyl (C=O) groups is 1. The molecule has 49 heavy (non-hydrogen) atoms. The molecule has 5 N–H and O–H groups in total. The van der Waals surface area contributed by atoms with E-state index in [0.29, 0.717) is 44.0 Å². The van der Waals surface area contributed by atoms with Gasteiger partial charge in [-0.3, -0.25) is 10.2 Å². The van der Waals surface area contributed by atoms with Crippen LogP contribution in [0.25, 0.3) is 21.8 Å². The number of nitrogens with two attached hydrogens (primary N) is 2. The van der Waals surface area contributed by atoms with Crippen molar-refractivity contribution in [2.24, 2.45) is 11.5 Å². The molecule has 8 heteroatoms. The Bertz CT molecular complexity index is 2050. The summed E-state index contributed by atoms with van der Waals surface area (Å²) in [6.45, 7) is 5.56. The highest BCUT2D eigenvalue weighted by atomic mass is 16.5. The normalized spacial score (nSPS) is 11.3. The summed E-state index contributed by atoms with van der Waals surface area (Å²) in [6, 6.07) is 36.5. The minimum absolute atomic E-state index is 0.0454. The number of nitrogens with one attached hydrogen (secondary N) is 1. The molecule has 0 bridgehead atoms. The highest BCUT2D eigenvalue weighted by Gasteiger charge is 2.20. The van der Waals surface area contributed by atoms with Gasteiger partial charge in [-0.1, -0.05) is 84.9 Å². The van der Waals surface area contributed by atoms with Crippen LogP contribution in [0.15, 0.2) is 109 Å². The zero-order chi connectivity index (χ0) is 34.2. The molecule has 0 saturated heterocycles. The number of aryl methyl sites for hydroxylation is 3. The fourth-order valence-corrected chi connectivity index (χ4v) is 6.27. The van der Waals surface area contributed by atoms with Crippen molar-refractivity contribution in [2.75, 3.05) is 13.2 Å². The van der Waals surface area contributed by atoms with E-state index in [-0.39, 0.29) is 11.7 Å². The highest BCUT2D eigenvalue weighted by Crippen LogP contribution is 2.24. The minimum atomic E-state index is -0.0454. The van der Waals surface area contributed by atoms with Crippen LogP contribution in [0.3, 0.4) is 0 Å². The van der Waals surface area contributed by atoms with Crippen LogP contribution in [0.5, 0.6) is 0 Å². The van der Waals surface area contributed by atoms with Gasteiger partial charge in [-0.25, -0.2) is 4.98 Å². The van der Waals surface area contributed by atoms with E-state index in [1.807, 2.05) is 78.6 Å². The van der Waals surface area contributed by atoms with Crippen LogP contribution in [0.4, 0.5) is 0 Å². The van der Waals surface area contributed by atoms with E-state index in [1.165, 1.54) is 5.39 Å². The summed E-state index contributed by atoms with van der Waals surface area (Å²) in [6.07, 6.45) is 2.39. The second-order valence-corrected chi connectivity index (χ2v) is 12.4. The van der Waals surface area contributed by atoms with Gasteiger partial charge in [-0.15, -0.1) is 0 Å². The van der Waals surface area contributed by atoms with E-state index in [1.54, 1.807) is 0 Å². The molecule has 5 aromatic carbocycles. The lowest BCUT2D eigenvalue weighted by atomic mass is 10.1. The van der Waals surface area contributed by atoms with Gasteiger partial charge in [-0.05, 0) is 77.1 Å². The van der Waals surface area contributed by atoms with E-state index in [0.717, 1.165) is 70.3 Å². The zero-order valence-electron chi connectivity index (χ0n) is 28.1. The van der Waals surface area contributed by atoms with Crippen molar-refractivity contribution in [1.29, 1.82) is 5.41 Å². The molecule has 6 rings (SSSR count). The number of carbonyl (C=O) groups excluding carboxylic acids is 1. The van der Waals surface area contributed by atoms with Gasteiger partial charge < -0.3 is 25.7 Å². The summed E-state index contributed by atoms with van der Waals surface area (Å²) < 4.78 is 7.90. The molecule has 250 valence electrons. The van der Waals surface area contributed by atoms with Gasteiger partial charge in [0, 0.05) is 56.9 Å². The van der Waals surface area contributed by atoms with Gasteiger partial charge >= 0.3 is 0 Å². The first-order valence-electron chi connectivity index (χ1n) is 17.0.